The largest absolute Gasteiger partial charge is 0.394 e. The van der Waals surface area contributed by atoms with Crippen LogP contribution in [0.5, 0.6) is 0 Å². The number of pyridine rings is 1. The smallest absolute Gasteiger partial charge is 0.147 e. The highest BCUT2D eigenvalue weighted by Crippen LogP contribution is 2.44. The molecule has 5 rings (SSSR count). The van der Waals surface area contributed by atoms with Gasteiger partial charge in [-0.25, -0.2) is 15.0 Å². The van der Waals surface area contributed by atoms with Crippen LogP contribution in [0.1, 0.15) is 25.0 Å². The SMILES string of the molecule is CC1(C)Cc2c(c(N3CCOCC3)nc3sc4c(NCCOCCO)ncnc4c23)CO1. The Morgan fingerprint density at radius 1 is 1.22 bits per heavy atom. The fourth-order valence-corrected chi connectivity index (χ4v) is 5.48. The molecule has 2 aliphatic heterocycles. The Kier molecular flexibility index (Phi) is 6.13. The topological polar surface area (TPSA) is 102 Å². The van der Waals surface area contributed by atoms with Crippen molar-refractivity contribution in [2.24, 2.45) is 0 Å². The van der Waals surface area contributed by atoms with Gasteiger partial charge in [-0.15, -0.1) is 11.3 Å². The minimum Gasteiger partial charge on any atom is -0.394 e. The summed E-state index contributed by atoms with van der Waals surface area (Å²) in [5.74, 6) is 1.80. The molecule has 1 saturated heterocycles. The molecular formula is C22H29N5O4S. The molecule has 172 valence electrons. The minimum absolute atomic E-state index is 0.0242. The fourth-order valence-electron chi connectivity index (χ4n) is 4.36. The molecule has 1 fully saturated rings. The van der Waals surface area contributed by atoms with Crippen molar-refractivity contribution in [3.63, 3.8) is 0 Å². The van der Waals surface area contributed by atoms with Gasteiger partial charge in [0.2, 0.25) is 0 Å². The minimum atomic E-state index is -0.240. The van der Waals surface area contributed by atoms with Gasteiger partial charge in [0.1, 0.15) is 22.8 Å². The fraction of sp³-hybridized carbons (Fsp3) is 0.591. The molecule has 0 bridgehead atoms. The second-order valence-corrected chi connectivity index (χ2v) is 9.66. The predicted molar refractivity (Wildman–Crippen MR) is 125 cm³/mol. The van der Waals surface area contributed by atoms with Gasteiger partial charge in [-0.3, -0.25) is 0 Å². The summed E-state index contributed by atoms with van der Waals surface area (Å²) < 4.78 is 18.1. The van der Waals surface area contributed by atoms with Crippen LogP contribution in [0.15, 0.2) is 6.33 Å². The number of aromatic nitrogens is 3. The Labute approximate surface area is 190 Å². The molecule has 3 aromatic heterocycles. The first-order valence-electron chi connectivity index (χ1n) is 11.1. The quantitative estimate of drug-likeness (QED) is 0.516. The molecule has 2 aliphatic rings. The van der Waals surface area contributed by atoms with Crippen LogP contribution in [0.25, 0.3) is 20.4 Å². The van der Waals surface area contributed by atoms with Gasteiger partial charge in [-0.2, -0.15) is 0 Å². The van der Waals surface area contributed by atoms with Gasteiger partial charge in [-0.1, -0.05) is 0 Å². The third-order valence-electron chi connectivity index (χ3n) is 5.89. The highest BCUT2D eigenvalue weighted by molar-refractivity contribution is 7.26. The lowest BCUT2D eigenvalue weighted by molar-refractivity contribution is -0.0396. The van der Waals surface area contributed by atoms with E-state index in [4.69, 9.17) is 24.3 Å². The lowest BCUT2D eigenvalue weighted by atomic mass is 9.90. The molecule has 0 radical (unpaired) electrons. The van der Waals surface area contributed by atoms with E-state index in [1.165, 1.54) is 11.1 Å². The van der Waals surface area contributed by atoms with Crippen molar-refractivity contribution in [3.05, 3.63) is 17.5 Å². The summed E-state index contributed by atoms with van der Waals surface area (Å²) in [4.78, 5) is 17.6. The lowest BCUT2D eigenvalue weighted by Crippen LogP contribution is -2.39. The summed E-state index contributed by atoms with van der Waals surface area (Å²) in [6.07, 6.45) is 2.42. The Morgan fingerprint density at radius 3 is 2.88 bits per heavy atom. The third-order valence-corrected chi connectivity index (χ3v) is 6.97. The molecule has 0 saturated carbocycles. The summed E-state index contributed by atoms with van der Waals surface area (Å²) in [7, 11) is 0. The Balaban J connectivity index is 1.60. The van der Waals surface area contributed by atoms with Crippen molar-refractivity contribution < 1.29 is 19.3 Å². The van der Waals surface area contributed by atoms with E-state index in [1.54, 1.807) is 17.7 Å². The first kappa shape index (κ1) is 21.7. The van der Waals surface area contributed by atoms with Crippen LogP contribution in [0.4, 0.5) is 11.6 Å². The molecule has 2 N–H and O–H groups in total. The van der Waals surface area contributed by atoms with Crippen LogP contribution in [0, 0.1) is 0 Å². The standard InChI is InChI=1S/C22H29N5O4S/c1-22(2)11-14-15(12-31-22)20(27-4-8-30-9-5-27)26-21-16(14)17-18(32-21)19(25-13-24-17)23-3-7-29-10-6-28/h13,28H,3-12H2,1-2H3,(H,23,24,25). The summed E-state index contributed by atoms with van der Waals surface area (Å²) in [5.41, 5.74) is 3.16. The van der Waals surface area contributed by atoms with E-state index in [0.29, 0.717) is 39.6 Å². The van der Waals surface area contributed by atoms with Crippen molar-refractivity contribution in [3.8, 4) is 0 Å². The average Bonchev–Trinajstić information content (AvgIpc) is 3.18. The third kappa shape index (κ3) is 4.13. The number of aliphatic hydroxyl groups excluding tert-OH is 1. The van der Waals surface area contributed by atoms with Gasteiger partial charge in [0.25, 0.3) is 0 Å². The maximum absolute atomic E-state index is 8.86. The average molecular weight is 460 g/mol. The zero-order valence-corrected chi connectivity index (χ0v) is 19.3. The van der Waals surface area contributed by atoms with E-state index < -0.39 is 0 Å². The van der Waals surface area contributed by atoms with Crippen LogP contribution in [-0.4, -0.2) is 78.3 Å². The van der Waals surface area contributed by atoms with Gasteiger partial charge in [0, 0.05) is 37.0 Å². The number of ether oxygens (including phenoxy) is 3. The Bertz CT molecular complexity index is 1110. The van der Waals surface area contributed by atoms with Gasteiger partial charge >= 0.3 is 0 Å². The van der Waals surface area contributed by atoms with Gasteiger partial charge in [0.05, 0.1) is 55.5 Å². The summed E-state index contributed by atoms with van der Waals surface area (Å²) in [6.45, 7) is 9.38. The number of anilines is 2. The van der Waals surface area contributed by atoms with E-state index in [9.17, 15) is 0 Å². The van der Waals surface area contributed by atoms with Crippen molar-refractivity contribution >= 4 is 43.4 Å². The van der Waals surface area contributed by atoms with Crippen LogP contribution in [-0.2, 0) is 27.2 Å². The molecule has 32 heavy (non-hydrogen) atoms. The Morgan fingerprint density at radius 2 is 2.06 bits per heavy atom. The summed E-state index contributed by atoms with van der Waals surface area (Å²) >= 11 is 1.63. The van der Waals surface area contributed by atoms with Crippen molar-refractivity contribution in [1.82, 2.24) is 15.0 Å². The summed E-state index contributed by atoms with van der Waals surface area (Å²) in [5, 5.41) is 13.3. The second-order valence-electron chi connectivity index (χ2n) is 8.66. The maximum atomic E-state index is 8.86. The molecule has 0 amide bonds. The van der Waals surface area contributed by atoms with E-state index in [2.05, 4.69) is 34.0 Å². The number of aliphatic hydroxyl groups is 1. The molecule has 0 spiro atoms. The monoisotopic (exact) mass is 459 g/mol. The predicted octanol–water partition coefficient (Wildman–Crippen LogP) is 2.35. The van der Waals surface area contributed by atoms with Crippen LogP contribution >= 0.6 is 11.3 Å². The molecule has 0 aliphatic carbocycles. The van der Waals surface area contributed by atoms with E-state index >= 15 is 0 Å². The highest BCUT2D eigenvalue weighted by atomic mass is 32.1. The van der Waals surface area contributed by atoms with Crippen LogP contribution in [0.2, 0.25) is 0 Å². The molecule has 0 unspecified atom stereocenters. The van der Waals surface area contributed by atoms with Gasteiger partial charge in [0.15, 0.2) is 0 Å². The van der Waals surface area contributed by atoms with E-state index in [1.807, 2.05) is 0 Å². The van der Waals surface area contributed by atoms with E-state index in [0.717, 1.165) is 51.6 Å². The lowest BCUT2D eigenvalue weighted by Gasteiger charge is -2.36. The van der Waals surface area contributed by atoms with Crippen molar-refractivity contribution in [2.45, 2.75) is 32.5 Å². The second kappa shape index (κ2) is 9.03. The van der Waals surface area contributed by atoms with Crippen molar-refractivity contribution in [2.75, 3.05) is 62.9 Å². The number of fused-ring (bicyclic) bond motifs is 5. The Hall–Kier alpha value is -2.11. The molecule has 9 nitrogen and oxygen atoms in total. The van der Waals surface area contributed by atoms with Crippen molar-refractivity contribution in [1.29, 1.82) is 0 Å². The van der Waals surface area contributed by atoms with Crippen LogP contribution in [0.3, 0.4) is 0 Å². The zero-order chi connectivity index (χ0) is 22.1. The molecule has 3 aromatic rings. The molecular weight excluding hydrogens is 430 g/mol. The first-order chi connectivity index (χ1) is 15.6. The first-order valence-corrected chi connectivity index (χ1v) is 11.9. The molecule has 5 heterocycles. The number of thiophene rings is 1. The number of nitrogens with zero attached hydrogens (tertiary/aromatic N) is 4. The normalized spacial score (nSPS) is 18.3. The number of hydrogen-bond acceptors (Lipinski definition) is 10. The summed E-state index contributed by atoms with van der Waals surface area (Å²) in [6, 6.07) is 0. The highest BCUT2D eigenvalue weighted by Gasteiger charge is 2.33. The zero-order valence-electron chi connectivity index (χ0n) is 18.5. The number of rotatable bonds is 7. The maximum Gasteiger partial charge on any atom is 0.147 e. The molecule has 10 heteroatoms. The number of nitrogens with one attached hydrogen (secondary N) is 1. The molecule has 0 atom stereocenters. The molecule has 0 aromatic carbocycles. The number of morpholine rings is 1. The van der Waals surface area contributed by atoms with Gasteiger partial charge in [-0.05, 0) is 19.4 Å². The number of hydrogen-bond donors (Lipinski definition) is 2. The van der Waals surface area contributed by atoms with E-state index in [-0.39, 0.29) is 12.2 Å². The van der Waals surface area contributed by atoms with Crippen LogP contribution < -0.4 is 10.2 Å². The van der Waals surface area contributed by atoms with Gasteiger partial charge < -0.3 is 29.5 Å².